The van der Waals surface area contributed by atoms with Crippen LogP contribution in [0.2, 0.25) is 0 Å². The smallest absolute Gasteiger partial charge is 0.253 e. The second kappa shape index (κ2) is 5.43. The number of nitrogens with zero attached hydrogens (tertiary/aromatic N) is 1. The molecule has 0 saturated carbocycles. The van der Waals surface area contributed by atoms with Gasteiger partial charge in [0.25, 0.3) is 5.91 Å². The molecule has 3 heteroatoms. The lowest BCUT2D eigenvalue weighted by molar-refractivity contribution is 0.0623. The molecule has 18 heavy (non-hydrogen) atoms. The number of halogens is 1. The van der Waals surface area contributed by atoms with E-state index in [9.17, 15) is 4.79 Å². The maximum atomic E-state index is 12.5. The van der Waals surface area contributed by atoms with Crippen LogP contribution in [0.1, 0.15) is 36.2 Å². The molecule has 0 spiro atoms. The summed E-state index contributed by atoms with van der Waals surface area (Å²) in [6.07, 6.45) is 1.23. The van der Waals surface area contributed by atoms with Crippen LogP contribution in [0.15, 0.2) is 22.7 Å². The van der Waals surface area contributed by atoms with Gasteiger partial charge in [0.1, 0.15) is 0 Å². The molecule has 0 radical (unpaired) electrons. The predicted molar refractivity (Wildman–Crippen MR) is 77.7 cm³/mol. The zero-order valence-electron chi connectivity index (χ0n) is 11.2. The Morgan fingerprint density at radius 3 is 2.44 bits per heavy atom. The van der Waals surface area contributed by atoms with Gasteiger partial charge in [0.05, 0.1) is 0 Å². The van der Waals surface area contributed by atoms with Crippen LogP contribution in [0.3, 0.4) is 0 Å². The molecule has 1 amide bonds. The Labute approximate surface area is 117 Å². The van der Waals surface area contributed by atoms with Crippen molar-refractivity contribution in [1.29, 1.82) is 0 Å². The highest BCUT2D eigenvalue weighted by molar-refractivity contribution is 9.10. The third-order valence-electron chi connectivity index (χ3n) is 3.56. The second-order valence-electron chi connectivity index (χ2n) is 5.62. The van der Waals surface area contributed by atoms with Gasteiger partial charge in [-0.15, -0.1) is 0 Å². The highest BCUT2D eigenvalue weighted by atomic mass is 79.9. The van der Waals surface area contributed by atoms with E-state index in [1.54, 1.807) is 0 Å². The number of carbonyl (C=O) groups excluding carboxylic acids is 1. The highest BCUT2D eigenvalue weighted by Crippen LogP contribution is 2.24. The highest BCUT2D eigenvalue weighted by Gasteiger charge is 2.26. The number of hydrogen-bond acceptors (Lipinski definition) is 1. The molecule has 0 aromatic heterocycles. The second-order valence-corrected chi connectivity index (χ2v) is 6.47. The van der Waals surface area contributed by atoms with E-state index in [0.29, 0.717) is 11.8 Å². The fraction of sp³-hybridized carbons (Fsp3) is 0.533. The molecule has 0 aliphatic carbocycles. The molecule has 1 aliphatic rings. The van der Waals surface area contributed by atoms with Crippen molar-refractivity contribution in [2.75, 3.05) is 13.1 Å². The topological polar surface area (TPSA) is 20.3 Å². The summed E-state index contributed by atoms with van der Waals surface area (Å²) in [6.45, 7) is 8.24. The SMILES string of the molecule is Cc1cc(C(=O)N2CC(C)CC(C)C2)ccc1Br. The summed E-state index contributed by atoms with van der Waals surface area (Å²) in [6, 6.07) is 5.83. The van der Waals surface area contributed by atoms with Gasteiger partial charge in [-0.3, -0.25) is 4.79 Å². The van der Waals surface area contributed by atoms with Gasteiger partial charge in [0.2, 0.25) is 0 Å². The van der Waals surface area contributed by atoms with Crippen molar-refractivity contribution >= 4 is 21.8 Å². The van der Waals surface area contributed by atoms with Gasteiger partial charge in [-0.05, 0) is 48.9 Å². The molecular weight excluding hydrogens is 290 g/mol. The van der Waals surface area contributed by atoms with Crippen molar-refractivity contribution in [3.8, 4) is 0 Å². The standard InChI is InChI=1S/C15H20BrNO/c1-10-6-11(2)9-17(8-10)15(18)13-4-5-14(16)12(3)7-13/h4-5,7,10-11H,6,8-9H2,1-3H3. The first-order valence-corrected chi connectivity index (χ1v) is 7.32. The number of hydrogen-bond donors (Lipinski definition) is 0. The minimum atomic E-state index is 0.170. The molecule has 1 saturated heterocycles. The van der Waals surface area contributed by atoms with Gasteiger partial charge in [-0.1, -0.05) is 29.8 Å². The van der Waals surface area contributed by atoms with E-state index in [4.69, 9.17) is 0 Å². The van der Waals surface area contributed by atoms with Crippen molar-refractivity contribution in [2.45, 2.75) is 27.2 Å². The first-order chi connectivity index (χ1) is 8.47. The summed E-state index contributed by atoms with van der Waals surface area (Å²) in [5, 5.41) is 0. The Morgan fingerprint density at radius 2 is 1.89 bits per heavy atom. The van der Waals surface area contributed by atoms with Crippen LogP contribution in [-0.2, 0) is 0 Å². The van der Waals surface area contributed by atoms with E-state index < -0.39 is 0 Å². The van der Waals surface area contributed by atoms with Crippen LogP contribution in [0.4, 0.5) is 0 Å². The molecule has 2 unspecified atom stereocenters. The predicted octanol–water partition coefficient (Wildman–Crippen LogP) is 3.88. The van der Waals surface area contributed by atoms with Crippen LogP contribution in [0, 0.1) is 18.8 Å². The van der Waals surface area contributed by atoms with Crippen LogP contribution in [-0.4, -0.2) is 23.9 Å². The third kappa shape index (κ3) is 2.94. The fourth-order valence-corrected chi connectivity index (χ4v) is 3.04. The fourth-order valence-electron chi connectivity index (χ4n) is 2.79. The molecule has 1 fully saturated rings. The summed E-state index contributed by atoms with van der Waals surface area (Å²) in [5.74, 6) is 1.38. The molecule has 1 aromatic carbocycles. The summed E-state index contributed by atoms with van der Waals surface area (Å²) in [5.41, 5.74) is 1.91. The monoisotopic (exact) mass is 309 g/mol. The van der Waals surface area contributed by atoms with Gasteiger partial charge < -0.3 is 4.90 Å². The lowest BCUT2D eigenvalue weighted by atomic mass is 9.91. The van der Waals surface area contributed by atoms with Crippen LogP contribution >= 0.6 is 15.9 Å². The summed E-state index contributed by atoms with van der Waals surface area (Å²) in [4.78, 5) is 14.5. The maximum Gasteiger partial charge on any atom is 0.253 e. The average Bonchev–Trinajstić information content (AvgIpc) is 2.30. The normalized spacial score (nSPS) is 24.1. The van der Waals surface area contributed by atoms with Crippen molar-refractivity contribution in [3.63, 3.8) is 0 Å². The zero-order chi connectivity index (χ0) is 13.3. The van der Waals surface area contributed by atoms with E-state index in [2.05, 4.69) is 29.8 Å². The van der Waals surface area contributed by atoms with E-state index in [1.165, 1.54) is 6.42 Å². The Morgan fingerprint density at radius 1 is 1.28 bits per heavy atom. The van der Waals surface area contributed by atoms with E-state index in [1.807, 2.05) is 30.0 Å². The quantitative estimate of drug-likeness (QED) is 0.771. The number of amides is 1. The first-order valence-electron chi connectivity index (χ1n) is 6.52. The van der Waals surface area contributed by atoms with Gasteiger partial charge in [-0.25, -0.2) is 0 Å². The minimum absolute atomic E-state index is 0.170. The summed E-state index contributed by atoms with van der Waals surface area (Å²) < 4.78 is 1.06. The van der Waals surface area contributed by atoms with Crippen LogP contribution in [0.5, 0.6) is 0 Å². The van der Waals surface area contributed by atoms with Crippen molar-refractivity contribution in [2.24, 2.45) is 11.8 Å². The largest absolute Gasteiger partial charge is 0.338 e. The third-order valence-corrected chi connectivity index (χ3v) is 4.45. The lowest BCUT2D eigenvalue weighted by Gasteiger charge is -2.35. The number of piperidine rings is 1. The molecular formula is C15H20BrNO. The maximum absolute atomic E-state index is 12.5. The van der Waals surface area contributed by atoms with E-state index >= 15 is 0 Å². The molecule has 98 valence electrons. The van der Waals surface area contributed by atoms with Crippen molar-refractivity contribution in [3.05, 3.63) is 33.8 Å². The van der Waals surface area contributed by atoms with Crippen molar-refractivity contribution < 1.29 is 4.79 Å². The van der Waals surface area contributed by atoms with Gasteiger partial charge in [-0.2, -0.15) is 0 Å². The van der Waals surface area contributed by atoms with Gasteiger partial charge in [0.15, 0.2) is 0 Å². The molecule has 2 atom stereocenters. The molecule has 1 aliphatic heterocycles. The number of benzene rings is 1. The number of carbonyl (C=O) groups is 1. The zero-order valence-corrected chi connectivity index (χ0v) is 12.8. The Hall–Kier alpha value is -0.830. The van der Waals surface area contributed by atoms with Crippen molar-refractivity contribution in [1.82, 2.24) is 4.90 Å². The summed E-state index contributed by atoms with van der Waals surface area (Å²) >= 11 is 3.47. The average molecular weight is 310 g/mol. The molecule has 1 heterocycles. The molecule has 1 aromatic rings. The number of aryl methyl sites for hydroxylation is 1. The Bertz CT molecular complexity index is 448. The molecule has 2 nitrogen and oxygen atoms in total. The van der Waals surface area contributed by atoms with E-state index in [0.717, 1.165) is 28.7 Å². The molecule has 0 bridgehead atoms. The van der Waals surface area contributed by atoms with E-state index in [-0.39, 0.29) is 5.91 Å². The Kier molecular flexibility index (Phi) is 4.10. The first kappa shape index (κ1) is 13.6. The van der Waals surface area contributed by atoms with Crippen LogP contribution < -0.4 is 0 Å². The number of likely N-dealkylation sites (tertiary alicyclic amines) is 1. The lowest BCUT2D eigenvalue weighted by Crippen LogP contribution is -2.42. The molecule has 0 N–H and O–H groups in total. The summed E-state index contributed by atoms with van der Waals surface area (Å²) in [7, 11) is 0. The van der Waals surface area contributed by atoms with Gasteiger partial charge >= 0.3 is 0 Å². The number of rotatable bonds is 1. The van der Waals surface area contributed by atoms with Gasteiger partial charge in [0, 0.05) is 23.1 Å². The van der Waals surface area contributed by atoms with Crippen LogP contribution in [0.25, 0.3) is 0 Å². The molecule has 2 rings (SSSR count). The Balaban J connectivity index is 2.17. The minimum Gasteiger partial charge on any atom is -0.338 e.